The van der Waals surface area contributed by atoms with E-state index in [1.54, 1.807) is 34.3 Å². The first kappa shape index (κ1) is 29.7. The van der Waals surface area contributed by atoms with E-state index in [0.717, 1.165) is 21.9 Å². The number of aromatic nitrogens is 4. The second-order valence-electron chi connectivity index (χ2n) is 9.09. The number of thioether (sulfide) groups is 2. The second-order valence-corrected chi connectivity index (χ2v) is 11.5. The predicted octanol–water partition coefficient (Wildman–Crippen LogP) is 6.48. The van der Waals surface area contributed by atoms with E-state index >= 15 is 0 Å². The van der Waals surface area contributed by atoms with Crippen LogP contribution in [-0.4, -0.2) is 44.5 Å². The highest BCUT2D eigenvalue weighted by Crippen LogP contribution is 2.35. The third-order valence-electron chi connectivity index (χ3n) is 6.36. The summed E-state index contributed by atoms with van der Waals surface area (Å²) in [5, 5.41) is 12.2. The van der Waals surface area contributed by atoms with Gasteiger partial charge < -0.3 is 5.32 Å². The lowest BCUT2D eigenvalue weighted by atomic mass is 10.1. The Labute approximate surface area is 252 Å². The van der Waals surface area contributed by atoms with Crippen molar-refractivity contribution in [1.29, 1.82) is 0 Å². The molecule has 13 heteroatoms. The number of hydrogen-bond acceptors (Lipinski definition) is 6. The molecule has 0 atom stereocenters. The molecule has 1 N–H and O–H groups in total. The first-order chi connectivity index (χ1) is 20.2. The van der Waals surface area contributed by atoms with Gasteiger partial charge in [-0.3, -0.25) is 9.59 Å². The van der Waals surface area contributed by atoms with Gasteiger partial charge in [-0.1, -0.05) is 29.8 Å². The molecule has 0 spiro atoms. The molecule has 1 amide bonds. The lowest BCUT2D eigenvalue weighted by Gasteiger charge is -2.16. The van der Waals surface area contributed by atoms with E-state index in [2.05, 4.69) is 15.5 Å². The first-order valence-corrected chi connectivity index (χ1v) is 15.2. The number of nitrogens with one attached hydrogen (secondary N) is 1. The highest BCUT2D eigenvalue weighted by molar-refractivity contribution is 7.99. The number of fused-ring (bicyclic) bond motifs is 1. The van der Waals surface area contributed by atoms with Gasteiger partial charge in [0, 0.05) is 27.7 Å². The van der Waals surface area contributed by atoms with Gasteiger partial charge in [-0.2, -0.15) is 23.4 Å². The highest BCUT2D eigenvalue weighted by Gasteiger charge is 2.30. The molecule has 2 heterocycles. The van der Waals surface area contributed by atoms with Gasteiger partial charge in [0.15, 0.2) is 5.69 Å². The molecule has 0 aromatic heterocycles. The fourth-order valence-electron chi connectivity index (χ4n) is 4.26. The summed E-state index contributed by atoms with van der Waals surface area (Å²) in [7, 11) is 0. The summed E-state index contributed by atoms with van der Waals surface area (Å²) in [4.78, 5) is 25.8. The number of hydrogen-bond donors (Lipinski definition) is 1. The maximum Gasteiger partial charge on any atom is 0.416 e. The van der Waals surface area contributed by atoms with Crippen LogP contribution in [0.1, 0.15) is 11.1 Å². The van der Waals surface area contributed by atoms with Gasteiger partial charge in [0.05, 0.1) is 28.5 Å². The molecule has 0 fully saturated rings. The Morgan fingerprint density at radius 3 is 2.33 bits per heavy atom. The Morgan fingerprint density at radius 1 is 0.976 bits per heavy atom. The van der Waals surface area contributed by atoms with Gasteiger partial charge in [0.2, 0.25) is 6.41 Å². The Morgan fingerprint density at radius 2 is 1.69 bits per heavy atom. The number of benzene rings is 3. The summed E-state index contributed by atoms with van der Waals surface area (Å²) in [6, 6.07) is 19.6. The van der Waals surface area contributed by atoms with E-state index in [0.29, 0.717) is 51.9 Å². The number of carbonyl (C=O) groups is 1. The van der Waals surface area contributed by atoms with Crippen molar-refractivity contribution >= 4 is 41.5 Å². The number of amides is 1. The van der Waals surface area contributed by atoms with Gasteiger partial charge in [0.25, 0.3) is 5.56 Å². The summed E-state index contributed by atoms with van der Waals surface area (Å²) in [5.74, 6) is 0.673. The van der Waals surface area contributed by atoms with Crippen LogP contribution < -0.4 is 10.9 Å². The molecule has 42 heavy (non-hydrogen) atoms. The molecule has 0 unspecified atom stereocenters. The van der Waals surface area contributed by atoms with Crippen molar-refractivity contribution in [3.63, 3.8) is 0 Å². The van der Waals surface area contributed by atoms with Gasteiger partial charge in [-0.05, 0) is 66.4 Å². The van der Waals surface area contributed by atoms with Crippen molar-refractivity contribution in [2.24, 2.45) is 0 Å². The van der Waals surface area contributed by atoms with Gasteiger partial charge >= 0.3 is 6.18 Å². The van der Waals surface area contributed by atoms with E-state index in [1.165, 1.54) is 16.8 Å². The molecule has 0 saturated carbocycles. The Balaban J connectivity index is 1.56. The molecular weight excluding hydrogens is 607 g/mol. The number of carbonyl (C=O) groups excluding carboxylic acids is 1. The Hall–Kier alpha value is -3.74. The molecular formula is C29H23ClF3N5O2S2. The summed E-state index contributed by atoms with van der Waals surface area (Å²) in [6.45, 7) is 0.504. The number of alkyl halides is 3. The lowest BCUT2D eigenvalue weighted by molar-refractivity contribution is -0.137. The average Bonchev–Trinajstić information content (AvgIpc) is 3.28. The molecule has 0 radical (unpaired) electrons. The molecule has 5 rings (SSSR count). The molecule has 3 aromatic carbocycles. The minimum absolute atomic E-state index is 0.0171. The number of nitrogens with zero attached hydrogens (tertiary/aromatic N) is 4. The smallest absolute Gasteiger partial charge is 0.358 e. The number of rotatable bonds is 10. The van der Waals surface area contributed by atoms with Gasteiger partial charge in [0.1, 0.15) is 5.69 Å². The van der Waals surface area contributed by atoms with Crippen molar-refractivity contribution in [2.75, 3.05) is 18.6 Å². The minimum Gasteiger partial charge on any atom is -0.358 e. The molecule has 0 saturated heterocycles. The maximum absolute atomic E-state index is 13.3. The van der Waals surface area contributed by atoms with Gasteiger partial charge in [-0.15, -0.1) is 23.5 Å². The van der Waals surface area contributed by atoms with E-state index in [4.69, 9.17) is 11.6 Å². The van der Waals surface area contributed by atoms with E-state index < -0.39 is 17.3 Å². The molecule has 216 valence electrons. The zero-order valence-corrected chi connectivity index (χ0v) is 24.4. The summed E-state index contributed by atoms with van der Waals surface area (Å²) in [6.07, 6.45) is -1.82. The topological polar surface area (TPSA) is 81.8 Å². The van der Waals surface area contributed by atoms with E-state index in [1.807, 2.05) is 48.7 Å². The molecule has 2 aliphatic heterocycles. The van der Waals surface area contributed by atoms with Crippen LogP contribution in [0, 0.1) is 0 Å². The fourth-order valence-corrected chi connectivity index (χ4v) is 5.83. The Kier molecular flexibility index (Phi) is 8.95. The monoisotopic (exact) mass is 629 g/mol. The van der Waals surface area contributed by atoms with Crippen molar-refractivity contribution in [1.82, 2.24) is 24.9 Å². The van der Waals surface area contributed by atoms with Crippen molar-refractivity contribution < 1.29 is 18.0 Å². The SMILES string of the molecule is CSc1ccc(-n2nc3c(=O)n(Cc4ccc(C(F)(F)F)cc4)nc-3cc2-c2ccc(SCCNC=O)cc2Cl)cc1. The van der Waals surface area contributed by atoms with Crippen LogP contribution in [0.25, 0.3) is 28.3 Å². The molecule has 0 aliphatic carbocycles. The number of halogens is 4. The Bertz CT molecular complexity index is 1740. The standard InChI is InChI=1S/C29H23ClF3N5O2S2/c1-41-21-8-6-20(7-9-21)38-26(23-11-10-22(14-24(23)30)42-13-12-34-17-39)15-25-27(36-38)28(40)37(35-25)16-18-2-4-19(5-3-18)29(31,32)33/h2-11,14-15,17H,12-13,16H2,1H3,(H,34,39). The summed E-state index contributed by atoms with van der Waals surface area (Å²) < 4.78 is 41.8. The van der Waals surface area contributed by atoms with Crippen LogP contribution >= 0.6 is 35.1 Å². The van der Waals surface area contributed by atoms with Gasteiger partial charge in [-0.25, -0.2) is 9.36 Å². The zero-order chi connectivity index (χ0) is 29.9. The molecule has 7 nitrogen and oxygen atoms in total. The molecule has 2 aliphatic rings. The largest absolute Gasteiger partial charge is 0.416 e. The normalized spacial score (nSPS) is 11.6. The average molecular weight is 630 g/mol. The third kappa shape index (κ3) is 6.50. The van der Waals surface area contributed by atoms with Crippen LogP contribution in [0.2, 0.25) is 5.02 Å². The highest BCUT2D eigenvalue weighted by atomic mass is 35.5. The van der Waals surface area contributed by atoms with Crippen LogP contribution in [0.4, 0.5) is 13.2 Å². The quantitative estimate of drug-likeness (QED) is 0.108. The zero-order valence-electron chi connectivity index (χ0n) is 22.1. The molecule has 0 bridgehead atoms. The molecule has 3 aromatic rings. The lowest BCUT2D eigenvalue weighted by Crippen LogP contribution is -2.19. The maximum atomic E-state index is 13.3. The van der Waals surface area contributed by atoms with E-state index in [-0.39, 0.29) is 12.2 Å². The first-order valence-electron chi connectivity index (χ1n) is 12.6. The van der Waals surface area contributed by atoms with E-state index in [9.17, 15) is 22.8 Å². The fraction of sp³-hybridized carbons (Fsp3) is 0.172. The van der Waals surface area contributed by atoms with Crippen molar-refractivity contribution in [2.45, 2.75) is 22.5 Å². The minimum atomic E-state index is -4.45. The summed E-state index contributed by atoms with van der Waals surface area (Å²) in [5.41, 5.74) is 1.68. The van der Waals surface area contributed by atoms with Crippen LogP contribution in [0.5, 0.6) is 0 Å². The summed E-state index contributed by atoms with van der Waals surface area (Å²) >= 11 is 9.89. The predicted molar refractivity (Wildman–Crippen MR) is 160 cm³/mol. The van der Waals surface area contributed by atoms with Crippen molar-refractivity contribution in [3.05, 3.63) is 99.3 Å². The van der Waals surface area contributed by atoms with Crippen LogP contribution in [-0.2, 0) is 17.5 Å². The third-order valence-corrected chi connectivity index (χ3v) is 8.41. The van der Waals surface area contributed by atoms with Crippen LogP contribution in [0.3, 0.4) is 0 Å². The van der Waals surface area contributed by atoms with Crippen molar-refractivity contribution in [3.8, 4) is 28.3 Å². The second kappa shape index (κ2) is 12.6. The van der Waals surface area contributed by atoms with Crippen LogP contribution in [0.15, 0.2) is 87.4 Å².